The van der Waals surface area contributed by atoms with Crippen LogP contribution in [0.2, 0.25) is 0 Å². The van der Waals surface area contributed by atoms with Crippen LogP contribution in [0, 0.1) is 5.92 Å². The van der Waals surface area contributed by atoms with Crippen LogP contribution in [0.3, 0.4) is 0 Å². The van der Waals surface area contributed by atoms with Gasteiger partial charge in [0, 0.05) is 25.4 Å². The number of benzene rings is 1. The van der Waals surface area contributed by atoms with Gasteiger partial charge in [0.15, 0.2) is 0 Å². The molecule has 1 aliphatic heterocycles. The highest BCUT2D eigenvalue weighted by atomic mass is 32.1. The minimum Gasteiger partial charge on any atom is -0.343 e. The fourth-order valence-corrected chi connectivity index (χ4v) is 4.80. The molecule has 2 aromatic rings. The molecule has 4 rings (SSSR count). The van der Waals surface area contributed by atoms with Gasteiger partial charge in [0.25, 0.3) is 0 Å². The van der Waals surface area contributed by atoms with Crippen LogP contribution in [0.4, 0.5) is 0 Å². The lowest BCUT2D eigenvalue weighted by Crippen LogP contribution is -2.38. The van der Waals surface area contributed by atoms with Crippen LogP contribution in [-0.4, -0.2) is 28.9 Å². The number of hydrogen-bond donors (Lipinski definition) is 0. The summed E-state index contributed by atoms with van der Waals surface area (Å²) in [4.78, 5) is 19.3. The molecule has 1 aromatic carbocycles. The molecule has 0 spiro atoms. The first kappa shape index (κ1) is 14.9. The summed E-state index contributed by atoms with van der Waals surface area (Å²) in [6.45, 7) is 1.77. The Morgan fingerprint density at radius 3 is 2.78 bits per heavy atom. The molecule has 23 heavy (non-hydrogen) atoms. The van der Waals surface area contributed by atoms with Gasteiger partial charge in [0.1, 0.15) is 0 Å². The fraction of sp³-hybridized carbons (Fsp3) is 0.474. The van der Waals surface area contributed by atoms with E-state index >= 15 is 0 Å². The van der Waals surface area contributed by atoms with Crippen molar-refractivity contribution in [3.8, 4) is 0 Å². The molecule has 1 amide bonds. The first-order chi connectivity index (χ1) is 11.3. The fourth-order valence-electron chi connectivity index (χ4n) is 3.66. The number of thiazole rings is 1. The zero-order valence-corrected chi connectivity index (χ0v) is 14.1. The van der Waals surface area contributed by atoms with Crippen molar-refractivity contribution in [2.24, 2.45) is 5.92 Å². The molecule has 4 heteroatoms. The standard InChI is InChI=1S/C19H22N2OS/c22-18(13-14-5-1-2-6-14)21-11-9-15(10-12-21)19-20-16-7-3-4-8-17(16)23-19/h1,3-5,7-8,14-15H,2,6,9-13H2/t14-/m0/s1. The summed E-state index contributed by atoms with van der Waals surface area (Å²) in [5, 5.41) is 1.25. The van der Waals surface area contributed by atoms with Gasteiger partial charge >= 0.3 is 0 Å². The van der Waals surface area contributed by atoms with E-state index in [0.29, 0.717) is 24.2 Å². The number of rotatable bonds is 3. The Bertz CT molecular complexity index is 695. The predicted molar refractivity (Wildman–Crippen MR) is 94.7 cm³/mol. The van der Waals surface area contributed by atoms with Crippen molar-refractivity contribution in [1.29, 1.82) is 0 Å². The summed E-state index contributed by atoms with van der Waals surface area (Å²) in [6.07, 6.45) is 9.50. The molecular formula is C19H22N2OS. The minimum atomic E-state index is 0.337. The lowest BCUT2D eigenvalue weighted by molar-refractivity contribution is -0.132. The second-order valence-corrected chi connectivity index (χ2v) is 7.71. The van der Waals surface area contributed by atoms with E-state index in [9.17, 15) is 4.79 Å². The highest BCUT2D eigenvalue weighted by Crippen LogP contribution is 2.34. The SMILES string of the molecule is O=C(C[C@H]1C=CCC1)N1CCC(c2nc3ccccc3s2)CC1. The molecule has 1 aromatic heterocycles. The molecule has 0 bridgehead atoms. The Hall–Kier alpha value is -1.68. The Morgan fingerprint density at radius 1 is 1.22 bits per heavy atom. The van der Waals surface area contributed by atoms with Crippen LogP contribution < -0.4 is 0 Å². The van der Waals surface area contributed by atoms with E-state index in [2.05, 4.69) is 35.3 Å². The minimum absolute atomic E-state index is 0.337. The van der Waals surface area contributed by atoms with Crippen LogP contribution in [0.25, 0.3) is 10.2 Å². The molecule has 1 saturated heterocycles. The number of carbonyl (C=O) groups excluding carboxylic acids is 1. The van der Waals surface area contributed by atoms with Gasteiger partial charge in [0.2, 0.25) is 5.91 Å². The van der Waals surface area contributed by atoms with E-state index in [0.717, 1.165) is 44.3 Å². The van der Waals surface area contributed by atoms with Crippen molar-refractivity contribution in [1.82, 2.24) is 9.88 Å². The summed E-state index contributed by atoms with van der Waals surface area (Å²) < 4.78 is 1.27. The topological polar surface area (TPSA) is 33.2 Å². The molecular weight excluding hydrogens is 304 g/mol. The van der Waals surface area contributed by atoms with Crippen molar-refractivity contribution >= 4 is 27.5 Å². The summed E-state index contributed by atoms with van der Waals surface area (Å²) in [5.41, 5.74) is 1.11. The summed E-state index contributed by atoms with van der Waals surface area (Å²) in [5.74, 6) is 1.33. The van der Waals surface area contributed by atoms with E-state index < -0.39 is 0 Å². The average molecular weight is 326 g/mol. The summed E-state index contributed by atoms with van der Waals surface area (Å²) in [6, 6.07) is 8.35. The Morgan fingerprint density at radius 2 is 2.04 bits per heavy atom. The zero-order chi connectivity index (χ0) is 15.6. The third kappa shape index (κ3) is 3.18. The van der Waals surface area contributed by atoms with Crippen LogP contribution in [-0.2, 0) is 4.79 Å². The molecule has 1 fully saturated rings. The maximum atomic E-state index is 12.4. The second-order valence-electron chi connectivity index (χ2n) is 6.64. The first-order valence-electron chi connectivity index (χ1n) is 8.59. The van der Waals surface area contributed by atoms with Crippen LogP contribution in [0.15, 0.2) is 36.4 Å². The molecule has 0 radical (unpaired) electrons. The highest BCUT2D eigenvalue weighted by molar-refractivity contribution is 7.18. The Labute approximate surface area is 141 Å². The van der Waals surface area contributed by atoms with Crippen LogP contribution in [0.5, 0.6) is 0 Å². The van der Waals surface area contributed by atoms with Crippen LogP contribution >= 0.6 is 11.3 Å². The van der Waals surface area contributed by atoms with E-state index in [1.807, 2.05) is 17.4 Å². The number of amides is 1. The molecule has 1 aliphatic carbocycles. The highest BCUT2D eigenvalue weighted by Gasteiger charge is 2.27. The van der Waals surface area contributed by atoms with Crippen molar-refractivity contribution < 1.29 is 4.79 Å². The van der Waals surface area contributed by atoms with Gasteiger partial charge in [-0.05, 0) is 43.7 Å². The maximum absolute atomic E-state index is 12.4. The van der Waals surface area contributed by atoms with E-state index in [4.69, 9.17) is 4.98 Å². The Kier molecular flexibility index (Phi) is 4.17. The number of aromatic nitrogens is 1. The summed E-state index contributed by atoms with van der Waals surface area (Å²) >= 11 is 1.82. The van der Waals surface area contributed by atoms with Crippen LogP contribution in [0.1, 0.15) is 43.0 Å². The Balaban J connectivity index is 1.36. The number of piperidine rings is 1. The lowest BCUT2D eigenvalue weighted by Gasteiger charge is -2.31. The molecule has 0 saturated carbocycles. The third-order valence-electron chi connectivity index (χ3n) is 5.06. The van der Waals surface area contributed by atoms with Gasteiger partial charge < -0.3 is 4.90 Å². The van der Waals surface area contributed by atoms with E-state index in [-0.39, 0.29) is 0 Å². The van der Waals surface area contributed by atoms with Crippen molar-refractivity contribution in [2.75, 3.05) is 13.1 Å². The quantitative estimate of drug-likeness (QED) is 0.785. The van der Waals surface area contributed by atoms with E-state index in [1.54, 1.807) is 0 Å². The monoisotopic (exact) mass is 326 g/mol. The van der Waals surface area contributed by atoms with Gasteiger partial charge in [-0.15, -0.1) is 11.3 Å². The van der Waals surface area contributed by atoms with Gasteiger partial charge in [-0.1, -0.05) is 24.3 Å². The number of allylic oxidation sites excluding steroid dienone is 2. The van der Waals surface area contributed by atoms with Gasteiger partial charge in [-0.25, -0.2) is 4.98 Å². The molecule has 1 atom stereocenters. The normalized spacial score (nSPS) is 22.1. The number of hydrogen-bond acceptors (Lipinski definition) is 3. The van der Waals surface area contributed by atoms with Gasteiger partial charge in [-0.2, -0.15) is 0 Å². The molecule has 0 N–H and O–H groups in total. The van der Waals surface area contributed by atoms with Crippen molar-refractivity contribution in [3.63, 3.8) is 0 Å². The average Bonchev–Trinajstić information content (AvgIpc) is 3.24. The maximum Gasteiger partial charge on any atom is 0.223 e. The number of para-hydroxylation sites is 1. The van der Waals surface area contributed by atoms with Crippen molar-refractivity contribution in [3.05, 3.63) is 41.4 Å². The molecule has 2 heterocycles. The van der Waals surface area contributed by atoms with Gasteiger partial charge in [-0.3, -0.25) is 4.79 Å². The third-order valence-corrected chi connectivity index (χ3v) is 6.26. The lowest BCUT2D eigenvalue weighted by atomic mass is 9.96. The zero-order valence-electron chi connectivity index (χ0n) is 13.3. The summed E-state index contributed by atoms with van der Waals surface area (Å²) in [7, 11) is 0. The largest absolute Gasteiger partial charge is 0.343 e. The number of carbonyl (C=O) groups is 1. The predicted octanol–water partition coefficient (Wildman–Crippen LogP) is 4.36. The number of fused-ring (bicyclic) bond motifs is 1. The van der Waals surface area contributed by atoms with E-state index in [1.165, 1.54) is 9.71 Å². The molecule has 2 aliphatic rings. The molecule has 3 nitrogen and oxygen atoms in total. The first-order valence-corrected chi connectivity index (χ1v) is 9.41. The second kappa shape index (κ2) is 6.44. The van der Waals surface area contributed by atoms with Gasteiger partial charge in [0.05, 0.1) is 15.2 Å². The number of likely N-dealkylation sites (tertiary alicyclic amines) is 1. The number of nitrogens with zero attached hydrogens (tertiary/aromatic N) is 2. The van der Waals surface area contributed by atoms with Crippen molar-refractivity contribution in [2.45, 2.75) is 38.0 Å². The molecule has 0 unspecified atom stereocenters. The molecule has 120 valence electrons. The smallest absolute Gasteiger partial charge is 0.223 e.